The number of piperidine rings is 1. The molecule has 0 saturated carbocycles. The average molecular weight is 255 g/mol. The van der Waals surface area contributed by atoms with Gasteiger partial charge in [-0.15, -0.1) is 0 Å². The summed E-state index contributed by atoms with van der Waals surface area (Å²) >= 11 is 0. The van der Waals surface area contributed by atoms with Crippen LogP contribution in [0.5, 0.6) is 0 Å². The van der Waals surface area contributed by atoms with Gasteiger partial charge in [-0.05, 0) is 26.2 Å². The van der Waals surface area contributed by atoms with E-state index in [0.29, 0.717) is 12.8 Å². The van der Waals surface area contributed by atoms with Crippen molar-refractivity contribution < 1.29 is 19.1 Å². The lowest BCUT2D eigenvalue weighted by atomic mass is 9.82. The van der Waals surface area contributed by atoms with Crippen LogP contribution in [0.3, 0.4) is 0 Å². The highest BCUT2D eigenvalue weighted by Crippen LogP contribution is 2.31. The lowest BCUT2D eigenvalue weighted by molar-refractivity contribution is -0.168. The summed E-state index contributed by atoms with van der Waals surface area (Å²) in [6.45, 7) is 8.64. The number of imide groups is 1. The summed E-state index contributed by atoms with van der Waals surface area (Å²) in [6.07, 6.45) is 0.595. The van der Waals surface area contributed by atoms with E-state index < -0.39 is 11.4 Å². The number of hydrogen-bond acceptors (Lipinski definition) is 4. The average Bonchev–Trinajstić information content (AvgIpc) is 2.12. The molecule has 1 heterocycles. The minimum Gasteiger partial charge on any atom is -0.443 e. The molecule has 5 nitrogen and oxygen atoms in total. The van der Waals surface area contributed by atoms with Crippen molar-refractivity contribution in [2.24, 2.45) is 10.8 Å². The van der Waals surface area contributed by atoms with E-state index in [0.717, 1.165) is 4.90 Å². The zero-order valence-corrected chi connectivity index (χ0v) is 11.7. The van der Waals surface area contributed by atoms with Crippen molar-refractivity contribution in [2.75, 3.05) is 6.73 Å². The third-order valence-corrected chi connectivity index (χ3v) is 2.80. The fourth-order valence-electron chi connectivity index (χ4n) is 1.69. The second-order valence-corrected chi connectivity index (χ2v) is 6.54. The van der Waals surface area contributed by atoms with Crippen LogP contribution in [0, 0.1) is 10.8 Å². The maximum absolute atomic E-state index is 11.8. The Hall–Kier alpha value is -1.39. The van der Waals surface area contributed by atoms with E-state index in [9.17, 15) is 14.4 Å². The van der Waals surface area contributed by atoms with Crippen molar-refractivity contribution in [1.82, 2.24) is 4.90 Å². The molecule has 0 N–H and O–H groups in total. The number of carbonyl (C=O) groups is 3. The van der Waals surface area contributed by atoms with Crippen LogP contribution in [0.25, 0.3) is 0 Å². The number of amides is 2. The largest absolute Gasteiger partial charge is 0.443 e. The second-order valence-electron chi connectivity index (χ2n) is 6.54. The van der Waals surface area contributed by atoms with E-state index in [-0.39, 0.29) is 24.0 Å². The van der Waals surface area contributed by atoms with Crippen LogP contribution in [-0.4, -0.2) is 29.4 Å². The Morgan fingerprint density at radius 2 is 1.67 bits per heavy atom. The summed E-state index contributed by atoms with van der Waals surface area (Å²) in [6, 6.07) is 0. The molecule has 0 atom stereocenters. The van der Waals surface area contributed by atoms with Crippen LogP contribution in [0.15, 0.2) is 0 Å². The van der Waals surface area contributed by atoms with Gasteiger partial charge in [0.15, 0.2) is 6.73 Å². The Morgan fingerprint density at radius 3 is 2.06 bits per heavy atom. The van der Waals surface area contributed by atoms with Gasteiger partial charge in [0.1, 0.15) is 0 Å². The lowest BCUT2D eigenvalue weighted by Crippen LogP contribution is -2.47. The Bertz CT molecular complexity index is 359. The van der Waals surface area contributed by atoms with E-state index in [1.165, 1.54) is 0 Å². The molecular formula is C13H21NO4. The highest BCUT2D eigenvalue weighted by Gasteiger charge is 2.38. The second kappa shape index (κ2) is 4.71. The van der Waals surface area contributed by atoms with Crippen molar-refractivity contribution in [3.8, 4) is 0 Å². The standard InChI is InChI=1S/C13H21NO4/c1-12(2,3)11(17)18-8-14-9(15)6-13(4,5)7-10(14)16/h6-8H2,1-5H3. The highest BCUT2D eigenvalue weighted by atomic mass is 16.5. The predicted molar refractivity (Wildman–Crippen MR) is 65.3 cm³/mol. The maximum Gasteiger partial charge on any atom is 0.312 e. The molecule has 102 valence electrons. The van der Waals surface area contributed by atoms with Crippen molar-refractivity contribution in [3.63, 3.8) is 0 Å². The fourth-order valence-corrected chi connectivity index (χ4v) is 1.69. The molecule has 18 heavy (non-hydrogen) atoms. The molecule has 1 saturated heterocycles. The quantitative estimate of drug-likeness (QED) is 0.556. The molecule has 1 aliphatic heterocycles. The first-order chi connectivity index (χ1) is 8.03. The summed E-state index contributed by atoms with van der Waals surface area (Å²) < 4.78 is 5.00. The van der Waals surface area contributed by atoms with Crippen molar-refractivity contribution in [3.05, 3.63) is 0 Å². The van der Waals surface area contributed by atoms with Crippen molar-refractivity contribution in [1.29, 1.82) is 0 Å². The number of nitrogens with zero attached hydrogens (tertiary/aromatic N) is 1. The number of rotatable bonds is 2. The molecule has 0 bridgehead atoms. The van der Waals surface area contributed by atoms with Crippen LogP contribution in [0.1, 0.15) is 47.5 Å². The van der Waals surface area contributed by atoms with Crippen LogP contribution >= 0.6 is 0 Å². The molecule has 0 spiro atoms. The minimum atomic E-state index is -0.638. The van der Waals surface area contributed by atoms with Crippen LogP contribution < -0.4 is 0 Å². The van der Waals surface area contributed by atoms with Crippen molar-refractivity contribution in [2.45, 2.75) is 47.5 Å². The fraction of sp³-hybridized carbons (Fsp3) is 0.769. The van der Waals surface area contributed by atoms with Gasteiger partial charge in [0.25, 0.3) is 0 Å². The summed E-state index contributed by atoms with van der Waals surface area (Å²) in [5.41, 5.74) is -0.945. The topological polar surface area (TPSA) is 63.7 Å². The van der Waals surface area contributed by atoms with E-state index in [4.69, 9.17) is 4.74 Å². The molecule has 1 rings (SSSR count). The number of esters is 1. The molecule has 1 aliphatic rings. The number of likely N-dealkylation sites (tertiary alicyclic amines) is 1. The molecule has 0 aromatic rings. The smallest absolute Gasteiger partial charge is 0.312 e. The Balaban J connectivity index is 2.61. The molecule has 0 unspecified atom stereocenters. The first-order valence-electron chi connectivity index (χ1n) is 6.03. The normalized spacial score (nSPS) is 19.9. The van der Waals surface area contributed by atoms with E-state index >= 15 is 0 Å². The summed E-state index contributed by atoms with van der Waals surface area (Å²) in [5.74, 6) is -0.983. The van der Waals surface area contributed by atoms with Gasteiger partial charge in [-0.1, -0.05) is 13.8 Å². The molecule has 1 fully saturated rings. The van der Waals surface area contributed by atoms with E-state index in [2.05, 4.69) is 0 Å². The maximum atomic E-state index is 11.8. The number of hydrogen-bond donors (Lipinski definition) is 0. The Morgan fingerprint density at radius 1 is 1.22 bits per heavy atom. The Kier molecular flexibility index (Phi) is 3.84. The molecule has 0 aromatic carbocycles. The third kappa shape index (κ3) is 3.55. The molecule has 2 amide bonds. The van der Waals surface area contributed by atoms with Gasteiger partial charge < -0.3 is 4.74 Å². The van der Waals surface area contributed by atoms with Crippen LogP contribution in [-0.2, 0) is 19.1 Å². The summed E-state index contributed by atoms with van der Waals surface area (Å²) in [5, 5.41) is 0. The molecule has 0 radical (unpaired) electrons. The molecular weight excluding hydrogens is 234 g/mol. The highest BCUT2D eigenvalue weighted by molar-refractivity contribution is 5.98. The van der Waals surface area contributed by atoms with Crippen LogP contribution in [0.2, 0.25) is 0 Å². The number of ether oxygens (including phenoxy) is 1. The van der Waals surface area contributed by atoms with Gasteiger partial charge in [0.05, 0.1) is 5.41 Å². The van der Waals surface area contributed by atoms with Crippen molar-refractivity contribution >= 4 is 17.8 Å². The third-order valence-electron chi connectivity index (χ3n) is 2.80. The van der Waals surface area contributed by atoms with Gasteiger partial charge in [0.2, 0.25) is 11.8 Å². The van der Waals surface area contributed by atoms with Gasteiger partial charge in [-0.3, -0.25) is 14.4 Å². The molecule has 5 heteroatoms. The van der Waals surface area contributed by atoms with Gasteiger partial charge >= 0.3 is 5.97 Å². The first kappa shape index (κ1) is 14.7. The Labute approximate surface area is 107 Å². The van der Waals surface area contributed by atoms with Crippen LogP contribution in [0.4, 0.5) is 0 Å². The van der Waals surface area contributed by atoms with Gasteiger partial charge in [-0.25, -0.2) is 4.90 Å². The summed E-state index contributed by atoms with van der Waals surface area (Å²) in [7, 11) is 0. The summed E-state index contributed by atoms with van der Waals surface area (Å²) in [4.78, 5) is 36.2. The first-order valence-corrected chi connectivity index (χ1v) is 6.03. The minimum absolute atomic E-state index is 0.274. The SMILES string of the molecule is CC1(C)CC(=O)N(COC(=O)C(C)(C)C)C(=O)C1. The van der Waals surface area contributed by atoms with Gasteiger partial charge in [-0.2, -0.15) is 0 Å². The van der Waals surface area contributed by atoms with E-state index in [1.807, 2.05) is 13.8 Å². The monoisotopic (exact) mass is 255 g/mol. The molecule has 0 aliphatic carbocycles. The van der Waals surface area contributed by atoms with Gasteiger partial charge in [0, 0.05) is 12.8 Å². The zero-order chi connectivity index (χ0) is 14.1. The van der Waals surface area contributed by atoms with E-state index in [1.54, 1.807) is 20.8 Å². The molecule has 0 aromatic heterocycles. The number of carbonyl (C=O) groups excluding carboxylic acids is 3. The lowest BCUT2D eigenvalue weighted by Gasteiger charge is -2.34. The predicted octanol–water partition coefficient (Wildman–Crippen LogP) is 1.71. The zero-order valence-electron chi connectivity index (χ0n) is 11.7.